The fourth-order valence-electron chi connectivity index (χ4n) is 2.30. The van der Waals surface area contributed by atoms with E-state index in [4.69, 9.17) is 0 Å². The summed E-state index contributed by atoms with van der Waals surface area (Å²) in [5.74, 6) is 0.815. The zero-order valence-corrected chi connectivity index (χ0v) is 11.9. The van der Waals surface area contributed by atoms with Crippen molar-refractivity contribution in [3.8, 4) is 17.0 Å². The summed E-state index contributed by atoms with van der Waals surface area (Å²) in [7, 11) is 0. The summed E-state index contributed by atoms with van der Waals surface area (Å²) in [5, 5.41) is 15.0. The Morgan fingerprint density at radius 1 is 1.21 bits per heavy atom. The van der Waals surface area contributed by atoms with Crippen LogP contribution < -0.4 is 0 Å². The van der Waals surface area contributed by atoms with Crippen molar-refractivity contribution in [1.29, 1.82) is 0 Å². The average molecular weight is 258 g/mol. The van der Waals surface area contributed by atoms with Crippen molar-refractivity contribution in [2.75, 3.05) is 0 Å². The molecule has 1 N–H and O–H groups in total. The van der Waals surface area contributed by atoms with Gasteiger partial charge in [0.25, 0.3) is 0 Å². The Bertz CT molecular complexity index is 529. The Morgan fingerprint density at radius 3 is 2.47 bits per heavy atom. The van der Waals surface area contributed by atoms with Crippen molar-refractivity contribution in [1.82, 2.24) is 9.78 Å². The average Bonchev–Trinajstić information content (AvgIpc) is 2.67. The molecule has 0 fully saturated rings. The molecule has 0 aliphatic rings. The van der Waals surface area contributed by atoms with E-state index < -0.39 is 0 Å². The van der Waals surface area contributed by atoms with Crippen LogP contribution in [0.15, 0.2) is 30.3 Å². The minimum Gasteiger partial charge on any atom is -0.493 e. The van der Waals surface area contributed by atoms with Gasteiger partial charge < -0.3 is 5.11 Å². The smallest absolute Gasteiger partial charge is 0.217 e. The van der Waals surface area contributed by atoms with E-state index in [0.717, 1.165) is 36.2 Å². The quantitative estimate of drug-likeness (QED) is 0.884. The standard InChI is InChI=1S/C16H22N2O/c1-4-10-18-16(19)15(13-8-6-5-7-9-13)14(17-18)11-12(2)3/h5-9,12,19H,4,10-11H2,1-3H3. The number of benzene rings is 1. The lowest BCUT2D eigenvalue weighted by Crippen LogP contribution is -2.01. The molecule has 1 aromatic carbocycles. The molecule has 19 heavy (non-hydrogen) atoms. The van der Waals surface area contributed by atoms with Crippen molar-refractivity contribution in [3.05, 3.63) is 36.0 Å². The lowest BCUT2D eigenvalue weighted by atomic mass is 10.00. The van der Waals surface area contributed by atoms with Crippen molar-refractivity contribution >= 4 is 0 Å². The molecule has 0 spiro atoms. The molecule has 0 radical (unpaired) electrons. The first-order valence-electron chi connectivity index (χ1n) is 6.97. The molecular weight excluding hydrogens is 236 g/mol. The van der Waals surface area contributed by atoms with Gasteiger partial charge in [-0.05, 0) is 24.3 Å². The summed E-state index contributed by atoms with van der Waals surface area (Å²) < 4.78 is 1.72. The van der Waals surface area contributed by atoms with E-state index in [1.807, 2.05) is 30.3 Å². The second-order valence-corrected chi connectivity index (χ2v) is 5.33. The summed E-state index contributed by atoms with van der Waals surface area (Å²) >= 11 is 0. The third kappa shape index (κ3) is 2.98. The number of aryl methyl sites for hydroxylation is 1. The predicted octanol–water partition coefficient (Wildman–Crippen LogP) is 3.86. The lowest BCUT2D eigenvalue weighted by Gasteiger charge is -2.05. The summed E-state index contributed by atoms with van der Waals surface area (Å²) in [6, 6.07) is 10.0. The second kappa shape index (κ2) is 5.91. The van der Waals surface area contributed by atoms with Crippen molar-refractivity contribution in [2.45, 2.75) is 40.2 Å². The van der Waals surface area contributed by atoms with Crippen LogP contribution in [0.2, 0.25) is 0 Å². The van der Waals surface area contributed by atoms with Gasteiger partial charge in [-0.2, -0.15) is 5.10 Å². The highest BCUT2D eigenvalue weighted by Gasteiger charge is 2.18. The number of aromatic nitrogens is 2. The minimum absolute atomic E-state index is 0.295. The van der Waals surface area contributed by atoms with E-state index in [1.165, 1.54) is 0 Å². The summed E-state index contributed by atoms with van der Waals surface area (Å²) in [5.41, 5.74) is 2.92. The number of hydrogen-bond acceptors (Lipinski definition) is 2. The maximum absolute atomic E-state index is 10.4. The van der Waals surface area contributed by atoms with Crippen molar-refractivity contribution in [2.24, 2.45) is 5.92 Å². The molecule has 0 saturated heterocycles. The predicted molar refractivity (Wildman–Crippen MR) is 78.2 cm³/mol. The molecule has 3 nitrogen and oxygen atoms in total. The van der Waals surface area contributed by atoms with Gasteiger partial charge in [-0.1, -0.05) is 51.1 Å². The Morgan fingerprint density at radius 2 is 1.89 bits per heavy atom. The first kappa shape index (κ1) is 13.7. The van der Waals surface area contributed by atoms with E-state index in [1.54, 1.807) is 4.68 Å². The first-order valence-corrected chi connectivity index (χ1v) is 6.97. The van der Waals surface area contributed by atoms with Gasteiger partial charge in [-0.3, -0.25) is 0 Å². The van der Waals surface area contributed by atoms with Gasteiger partial charge in [0.05, 0.1) is 11.3 Å². The number of nitrogens with zero attached hydrogens (tertiary/aromatic N) is 2. The molecular formula is C16H22N2O. The van der Waals surface area contributed by atoms with Gasteiger partial charge in [0, 0.05) is 6.54 Å². The maximum Gasteiger partial charge on any atom is 0.217 e. The topological polar surface area (TPSA) is 38.0 Å². The van der Waals surface area contributed by atoms with E-state index in [0.29, 0.717) is 11.8 Å². The largest absolute Gasteiger partial charge is 0.493 e. The van der Waals surface area contributed by atoms with E-state index in [-0.39, 0.29) is 0 Å². The molecule has 0 aliphatic carbocycles. The molecule has 0 saturated carbocycles. The molecule has 2 rings (SSSR count). The number of hydrogen-bond donors (Lipinski definition) is 1. The number of aromatic hydroxyl groups is 1. The van der Waals surface area contributed by atoms with Gasteiger partial charge >= 0.3 is 0 Å². The summed E-state index contributed by atoms with van der Waals surface area (Å²) in [6.45, 7) is 7.19. The monoisotopic (exact) mass is 258 g/mol. The molecule has 0 aliphatic heterocycles. The lowest BCUT2D eigenvalue weighted by molar-refractivity contribution is 0.398. The van der Waals surface area contributed by atoms with E-state index >= 15 is 0 Å². The van der Waals surface area contributed by atoms with Crippen LogP contribution in [0.4, 0.5) is 0 Å². The Balaban J connectivity index is 2.50. The molecule has 1 heterocycles. The normalized spacial score (nSPS) is 11.2. The van der Waals surface area contributed by atoms with Gasteiger partial charge in [0.15, 0.2) is 0 Å². The molecule has 0 amide bonds. The van der Waals surface area contributed by atoms with Crippen LogP contribution in [0.5, 0.6) is 5.88 Å². The molecule has 0 atom stereocenters. The van der Waals surface area contributed by atoms with Gasteiger partial charge in [-0.25, -0.2) is 4.68 Å². The third-order valence-electron chi connectivity index (χ3n) is 3.10. The first-order chi connectivity index (χ1) is 9.13. The van der Waals surface area contributed by atoms with Gasteiger partial charge in [0.1, 0.15) is 0 Å². The van der Waals surface area contributed by atoms with Crippen molar-refractivity contribution < 1.29 is 5.11 Å². The van der Waals surface area contributed by atoms with Crippen LogP contribution in [-0.2, 0) is 13.0 Å². The molecule has 0 bridgehead atoms. The van der Waals surface area contributed by atoms with Crippen LogP contribution in [0.3, 0.4) is 0 Å². The van der Waals surface area contributed by atoms with Crippen LogP contribution in [-0.4, -0.2) is 14.9 Å². The van der Waals surface area contributed by atoms with E-state index in [9.17, 15) is 5.11 Å². The van der Waals surface area contributed by atoms with E-state index in [2.05, 4.69) is 25.9 Å². The Hall–Kier alpha value is -1.77. The Kier molecular flexibility index (Phi) is 4.25. The highest BCUT2D eigenvalue weighted by Crippen LogP contribution is 2.33. The Labute approximate surface area is 114 Å². The molecule has 1 aromatic heterocycles. The third-order valence-corrected chi connectivity index (χ3v) is 3.10. The molecule has 102 valence electrons. The zero-order valence-electron chi connectivity index (χ0n) is 11.9. The SMILES string of the molecule is CCCn1nc(CC(C)C)c(-c2ccccc2)c1O. The molecule has 0 unspecified atom stereocenters. The zero-order chi connectivity index (χ0) is 13.8. The fraction of sp³-hybridized carbons (Fsp3) is 0.438. The van der Waals surface area contributed by atoms with Crippen LogP contribution in [0.25, 0.3) is 11.1 Å². The summed E-state index contributed by atoms with van der Waals surface area (Å²) in [4.78, 5) is 0. The fourth-order valence-corrected chi connectivity index (χ4v) is 2.30. The van der Waals surface area contributed by atoms with Crippen molar-refractivity contribution in [3.63, 3.8) is 0 Å². The maximum atomic E-state index is 10.4. The second-order valence-electron chi connectivity index (χ2n) is 5.33. The minimum atomic E-state index is 0.295. The molecule has 2 aromatic rings. The number of rotatable bonds is 5. The van der Waals surface area contributed by atoms with Gasteiger partial charge in [-0.15, -0.1) is 0 Å². The van der Waals surface area contributed by atoms with Crippen LogP contribution in [0, 0.1) is 5.92 Å². The molecule has 3 heteroatoms. The summed E-state index contributed by atoms with van der Waals surface area (Å²) in [6.07, 6.45) is 1.85. The van der Waals surface area contributed by atoms with Crippen LogP contribution >= 0.6 is 0 Å². The highest BCUT2D eigenvalue weighted by molar-refractivity contribution is 5.71. The highest BCUT2D eigenvalue weighted by atomic mass is 16.3. The van der Waals surface area contributed by atoms with Crippen LogP contribution in [0.1, 0.15) is 32.9 Å². The van der Waals surface area contributed by atoms with Gasteiger partial charge in [0.2, 0.25) is 5.88 Å².